The number of carbonyl (C=O) groups excluding carboxylic acids is 1. The van der Waals surface area contributed by atoms with Gasteiger partial charge in [-0.1, -0.05) is 6.07 Å². The van der Waals surface area contributed by atoms with E-state index in [1.807, 2.05) is 4.90 Å². The normalized spacial score (nSPS) is 14.0. The van der Waals surface area contributed by atoms with Crippen molar-refractivity contribution < 1.29 is 26.7 Å². The Kier molecular flexibility index (Phi) is 10.1. The highest BCUT2D eigenvalue weighted by Crippen LogP contribution is 2.33. The Balaban J connectivity index is 0.00000420. The van der Waals surface area contributed by atoms with Crippen LogP contribution < -0.4 is 24.8 Å². The van der Waals surface area contributed by atoms with Crippen molar-refractivity contribution in [3.05, 3.63) is 66.1 Å². The number of ether oxygens (including phenoxy) is 1. The van der Waals surface area contributed by atoms with Gasteiger partial charge in [-0.25, -0.2) is 23.6 Å². The predicted octanol–water partition coefficient (Wildman–Crippen LogP) is 3.50. The van der Waals surface area contributed by atoms with E-state index in [0.717, 1.165) is 12.8 Å². The summed E-state index contributed by atoms with van der Waals surface area (Å²) < 4.78 is 58.3. The Morgan fingerprint density at radius 1 is 1.18 bits per heavy atom. The average molecular weight is 583 g/mol. The molecule has 4 rings (SSSR count). The molecule has 1 aliphatic heterocycles. The summed E-state index contributed by atoms with van der Waals surface area (Å²) in [6, 6.07) is 8.47. The van der Waals surface area contributed by atoms with Gasteiger partial charge in [0.2, 0.25) is 0 Å². The molecule has 2 heterocycles. The summed E-state index contributed by atoms with van der Waals surface area (Å²) in [6.45, 7) is 1.54. The van der Waals surface area contributed by atoms with Gasteiger partial charge in [-0.15, -0.1) is 12.4 Å². The van der Waals surface area contributed by atoms with Crippen LogP contribution in [0.2, 0.25) is 0 Å². The van der Waals surface area contributed by atoms with E-state index in [1.165, 1.54) is 43.8 Å². The molecule has 10 nitrogen and oxygen atoms in total. The maximum Gasteiger partial charge on any atom is 0.275 e. The molecule has 210 valence electrons. The summed E-state index contributed by atoms with van der Waals surface area (Å²) in [4.78, 5) is 23.4. The fraction of sp³-hybridized carbons (Fsp3) is 0.320. The molecule has 0 unspecified atom stereocenters. The van der Waals surface area contributed by atoms with Crippen LogP contribution in [0.15, 0.2) is 48.8 Å². The standard InChI is InChI=1S/C25H28F2N6O4S.ClH/c1-37-23-4-2-3-18(27)24(23)20-14-29-15-21(31-20)25(34)32-19-13-17(26)5-6-22(19)33-11-8-16(9-12-33)7-10-30-38(28,35)36;/h2-6,13-16,30H,7-12H2,1H3,(H,32,34)(H2,28,35,36);1H. The van der Waals surface area contributed by atoms with Crippen LogP contribution in [0.4, 0.5) is 20.2 Å². The predicted molar refractivity (Wildman–Crippen MR) is 146 cm³/mol. The molecule has 39 heavy (non-hydrogen) atoms. The Hall–Kier alpha value is -3.39. The molecule has 3 aromatic rings. The van der Waals surface area contributed by atoms with Gasteiger partial charge in [0.25, 0.3) is 16.1 Å². The minimum atomic E-state index is -3.72. The molecule has 2 aromatic carbocycles. The number of carbonyl (C=O) groups is 1. The molecule has 0 radical (unpaired) electrons. The number of hydrogen-bond acceptors (Lipinski definition) is 7. The van der Waals surface area contributed by atoms with Crippen LogP contribution in [-0.2, 0) is 10.2 Å². The fourth-order valence-electron chi connectivity index (χ4n) is 4.46. The van der Waals surface area contributed by atoms with E-state index in [4.69, 9.17) is 9.88 Å². The van der Waals surface area contributed by atoms with Gasteiger partial charge in [0, 0.05) is 19.6 Å². The molecular formula is C25H29ClF2N6O4S. The third-order valence-corrected chi connectivity index (χ3v) is 6.94. The number of hydrogen-bond donors (Lipinski definition) is 3. The summed E-state index contributed by atoms with van der Waals surface area (Å²) in [7, 11) is -2.32. The highest BCUT2D eigenvalue weighted by molar-refractivity contribution is 7.87. The SMILES string of the molecule is COc1cccc(F)c1-c1cncc(C(=O)Nc2cc(F)ccc2N2CCC(CCNS(N)(=O)=O)CC2)n1.Cl. The molecule has 1 aliphatic rings. The van der Waals surface area contributed by atoms with Gasteiger partial charge in [0.05, 0.1) is 42.1 Å². The zero-order valence-electron chi connectivity index (χ0n) is 21.1. The number of nitrogens with zero attached hydrogens (tertiary/aromatic N) is 3. The second-order valence-electron chi connectivity index (χ2n) is 8.88. The lowest BCUT2D eigenvalue weighted by Crippen LogP contribution is -2.37. The van der Waals surface area contributed by atoms with Gasteiger partial charge >= 0.3 is 0 Å². The summed E-state index contributed by atoms with van der Waals surface area (Å²) >= 11 is 0. The molecule has 1 fully saturated rings. The lowest BCUT2D eigenvalue weighted by molar-refractivity contribution is 0.102. The second-order valence-corrected chi connectivity index (χ2v) is 10.3. The Morgan fingerprint density at radius 3 is 2.62 bits per heavy atom. The molecule has 0 bridgehead atoms. The maximum atomic E-state index is 14.5. The van der Waals surface area contributed by atoms with Crippen LogP contribution in [0, 0.1) is 17.6 Å². The highest BCUT2D eigenvalue weighted by Gasteiger charge is 2.23. The van der Waals surface area contributed by atoms with Crippen molar-refractivity contribution in [3.63, 3.8) is 0 Å². The van der Waals surface area contributed by atoms with Crippen LogP contribution >= 0.6 is 12.4 Å². The summed E-state index contributed by atoms with van der Waals surface area (Å²) in [6.07, 6.45) is 4.79. The van der Waals surface area contributed by atoms with Crippen molar-refractivity contribution in [1.82, 2.24) is 14.7 Å². The quantitative estimate of drug-likeness (QED) is 0.351. The van der Waals surface area contributed by atoms with E-state index in [9.17, 15) is 22.0 Å². The first kappa shape index (κ1) is 30.2. The highest BCUT2D eigenvalue weighted by atomic mass is 35.5. The van der Waals surface area contributed by atoms with Crippen molar-refractivity contribution in [1.29, 1.82) is 0 Å². The maximum absolute atomic E-state index is 14.5. The zero-order chi connectivity index (χ0) is 27.3. The number of aromatic nitrogens is 2. The average Bonchev–Trinajstić information content (AvgIpc) is 2.88. The molecular weight excluding hydrogens is 554 g/mol. The summed E-state index contributed by atoms with van der Waals surface area (Å²) in [5.74, 6) is -1.19. The van der Waals surface area contributed by atoms with E-state index in [1.54, 1.807) is 12.1 Å². The Morgan fingerprint density at radius 2 is 1.92 bits per heavy atom. The number of halogens is 3. The van der Waals surface area contributed by atoms with Gasteiger partial charge < -0.3 is 15.0 Å². The number of nitrogens with one attached hydrogen (secondary N) is 2. The minimum absolute atomic E-state index is 0. The monoisotopic (exact) mass is 582 g/mol. The molecule has 1 aromatic heterocycles. The van der Waals surface area contributed by atoms with Crippen LogP contribution in [0.3, 0.4) is 0 Å². The number of benzene rings is 2. The minimum Gasteiger partial charge on any atom is -0.496 e. The van der Waals surface area contributed by atoms with Crippen molar-refractivity contribution in [2.24, 2.45) is 11.1 Å². The first-order valence-electron chi connectivity index (χ1n) is 11.9. The molecule has 4 N–H and O–H groups in total. The van der Waals surface area contributed by atoms with Gasteiger partial charge in [-0.05, 0) is 55.5 Å². The van der Waals surface area contributed by atoms with E-state index < -0.39 is 27.8 Å². The van der Waals surface area contributed by atoms with Crippen molar-refractivity contribution in [2.75, 3.05) is 37.0 Å². The van der Waals surface area contributed by atoms with Gasteiger partial charge in [-0.2, -0.15) is 8.42 Å². The van der Waals surface area contributed by atoms with E-state index >= 15 is 0 Å². The number of nitrogens with two attached hydrogens (primary N) is 1. The van der Waals surface area contributed by atoms with Gasteiger partial charge in [0.1, 0.15) is 23.1 Å². The lowest BCUT2D eigenvalue weighted by atomic mass is 9.93. The fourth-order valence-corrected chi connectivity index (χ4v) is 4.86. The number of rotatable bonds is 9. The van der Waals surface area contributed by atoms with E-state index in [-0.39, 0.29) is 47.3 Å². The zero-order valence-corrected chi connectivity index (χ0v) is 22.7. The first-order valence-corrected chi connectivity index (χ1v) is 13.5. The van der Waals surface area contributed by atoms with Crippen LogP contribution in [0.25, 0.3) is 11.3 Å². The lowest BCUT2D eigenvalue weighted by Gasteiger charge is -2.34. The van der Waals surface area contributed by atoms with Gasteiger partial charge in [0.15, 0.2) is 0 Å². The Bertz CT molecular complexity index is 1420. The van der Waals surface area contributed by atoms with E-state index in [2.05, 4.69) is 20.0 Å². The molecule has 0 aliphatic carbocycles. The topological polar surface area (TPSA) is 140 Å². The van der Waals surface area contributed by atoms with Crippen molar-refractivity contribution in [3.8, 4) is 17.0 Å². The first-order chi connectivity index (χ1) is 18.1. The Labute approximate surface area is 231 Å². The van der Waals surface area contributed by atoms with Gasteiger partial charge in [-0.3, -0.25) is 9.78 Å². The molecule has 0 saturated carbocycles. The van der Waals surface area contributed by atoms with Crippen LogP contribution in [-0.4, -0.2) is 51.0 Å². The van der Waals surface area contributed by atoms with Crippen LogP contribution in [0.1, 0.15) is 29.8 Å². The largest absolute Gasteiger partial charge is 0.496 e. The smallest absolute Gasteiger partial charge is 0.275 e. The number of methoxy groups -OCH3 is 1. The summed E-state index contributed by atoms with van der Waals surface area (Å²) in [5, 5.41) is 7.68. The second kappa shape index (κ2) is 13.1. The third kappa shape index (κ3) is 7.82. The molecule has 0 spiro atoms. The van der Waals surface area contributed by atoms with Crippen molar-refractivity contribution >= 4 is 39.9 Å². The number of piperidine rings is 1. The molecule has 0 atom stereocenters. The van der Waals surface area contributed by atoms with E-state index in [0.29, 0.717) is 31.1 Å². The molecule has 1 amide bonds. The molecule has 14 heteroatoms. The molecule has 1 saturated heterocycles. The summed E-state index contributed by atoms with van der Waals surface area (Å²) in [5.41, 5.74) is 1.02. The van der Waals surface area contributed by atoms with Crippen LogP contribution in [0.5, 0.6) is 5.75 Å². The third-order valence-electron chi connectivity index (χ3n) is 6.34. The van der Waals surface area contributed by atoms with Crippen molar-refractivity contribution in [2.45, 2.75) is 19.3 Å². The number of anilines is 2. The number of amides is 1.